The van der Waals surface area contributed by atoms with Crippen LogP contribution in [0.1, 0.15) is 18.9 Å². The second-order valence-corrected chi connectivity index (χ2v) is 9.87. The van der Waals surface area contributed by atoms with Gasteiger partial charge in [0.25, 0.3) is 5.91 Å². The van der Waals surface area contributed by atoms with E-state index in [0.29, 0.717) is 11.3 Å². The minimum atomic E-state index is -3.94. The van der Waals surface area contributed by atoms with E-state index in [9.17, 15) is 22.4 Å². The van der Waals surface area contributed by atoms with Crippen LogP contribution in [0.15, 0.2) is 59.5 Å². The summed E-state index contributed by atoms with van der Waals surface area (Å²) in [5.74, 6) is -1.22. The van der Waals surface area contributed by atoms with Crippen LogP contribution in [0.4, 0.5) is 4.39 Å². The summed E-state index contributed by atoms with van der Waals surface area (Å²) in [6.07, 6.45) is 0.896. The molecule has 2 aromatic carbocycles. The third kappa shape index (κ3) is 7.61. The summed E-state index contributed by atoms with van der Waals surface area (Å²) in [5.41, 5.74) is 0.591. The molecule has 0 aliphatic rings. The number of nitrogens with zero attached hydrogens (tertiary/aromatic N) is 1. The monoisotopic (exact) mass is 482 g/mol. The van der Waals surface area contributed by atoms with Crippen molar-refractivity contribution in [2.45, 2.75) is 36.9 Å². The second-order valence-electron chi connectivity index (χ2n) is 7.17. The maximum atomic E-state index is 13.4. The highest BCUT2D eigenvalue weighted by molar-refractivity contribution is 7.98. The predicted molar refractivity (Wildman–Crippen MR) is 122 cm³/mol. The number of nitrogens with one attached hydrogen (secondary N) is 1. The van der Waals surface area contributed by atoms with Gasteiger partial charge < -0.3 is 9.64 Å². The lowest BCUT2D eigenvalue weighted by Crippen LogP contribution is -2.45. The van der Waals surface area contributed by atoms with Crippen LogP contribution in [-0.2, 0) is 30.9 Å². The zero-order chi connectivity index (χ0) is 23.7. The number of esters is 1. The van der Waals surface area contributed by atoms with Crippen LogP contribution in [0.25, 0.3) is 0 Å². The first-order valence-corrected chi connectivity index (χ1v) is 12.8. The van der Waals surface area contributed by atoms with E-state index >= 15 is 0 Å². The molecule has 0 bridgehead atoms. The van der Waals surface area contributed by atoms with E-state index in [0.717, 1.165) is 0 Å². The van der Waals surface area contributed by atoms with E-state index < -0.39 is 39.9 Å². The van der Waals surface area contributed by atoms with Crippen LogP contribution in [0.2, 0.25) is 0 Å². The lowest BCUT2D eigenvalue weighted by atomic mass is 10.2. The number of amides is 1. The molecule has 7 nitrogen and oxygen atoms in total. The van der Waals surface area contributed by atoms with Gasteiger partial charge in [-0.1, -0.05) is 30.3 Å². The van der Waals surface area contributed by atoms with Crippen molar-refractivity contribution < 1.29 is 27.1 Å². The molecule has 2 aromatic rings. The van der Waals surface area contributed by atoms with Crippen LogP contribution >= 0.6 is 11.8 Å². The molecule has 0 aliphatic heterocycles. The van der Waals surface area contributed by atoms with Gasteiger partial charge in [0.1, 0.15) is 11.9 Å². The molecule has 174 valence electrons. The Hall–Kier alpha value is -2.43. The standard InChI is InChI=1S/C22H27FN2O5S2/c1-16(21(26)25(2)15-17-8-7-9-18(23)14-17)30-22(27)20(12-13-31-3)24-32(28,29)19-10-5-4-6-11-19/h4-11,14,16,20,24H,12-13,15H2,1-3H3. The topological polar surface area (TPSA) is 92.8 Å². The van der Waals surface area contributed by atoms with Gasteiger partial charge in [-0.3, -0.25) is 9.59 Å². The number of carbonyl (C=O) groups is 2. The third-order valence-electron chi connectivity index (χ3n) is 4.57. The predicted octanol–water partition coefficient (Wildman–Crippen LogP) is 2.82. The number of carbonyl (C=O) groups excluding carboxylic acids is 2. The van der Waals surface area contributed by atoms with Gasteiger partial charge in [-0.25, -0.2) is 12.8 Å². The summed E-state index contributed by atoms with van der Waals surface area (Å²) in [5, 5.41) is 0. The molecule has 0 aliphatic carbocycles. The zero-order valence-corrected chi connectivity index (χ0v) is 19.8. The van der Waals surface area contributed by atoms with E-state index in [1.807, 2.05) is 6.26 Å². The van der Waals surface area contributed by atoms with Gasteiger partial charge in [0.15, 0.2) is 6.10 Å². The van der Waals surface area contributed by atoms with Gasteiger partial charge in [0.05, 0.1) is 4.90 Å². The zero-order valence-electron chi connectivity index (χ0n) is 18.2. The van der Waals surface area contributed by atoms with E-state index in [-0.39, 0.29) is 17.9 Å². The number of likely N-dealkylation sites (N-methyl/N-ethyl adjacent to an activating group) is 1. The average Bonchev–Trinajstić information content (AvgIpc) is 2.76. The summed E-state index contributed by atoms with van der Waals surface area (Å²) in [6, 6.07) is 12.4. The van der Waals surface area contributed by atoms with Crippen molar-refractivity contribution in [3.63, 3.8) is 0 Å². The number of ether oxygens (including phenoxy) is 1. The maximum absolute atomic E-state index is 13.4. The Morgan fingerprint density at radius 2 is 1.84 bits per heavy atom. The van der Waals surface area contributed by atoms with Crippen molar-refractivity contribution in [1.29, 1.82) is 0 Å². The molecule has 0 aromatic heterocycles. The van der Waals surface area contributed by atoms with Crippen molar-refractivity contribution in [1.82, 2.24) is 9.62 Å². The van der Waals surface area contributed by atoms with Gasteiger partial charge in [0, 0.05) is 13.6 Å². The Labute approximate surface area is 192 Å². The molecule has 0 spiro atoms. The minimum Gasteiger partial charge on any atom is -0.451 e. The number of halogens is 1. The number of hydrogen-bond donors (Lipinski definition) is 1. The van der Waals surface area contributed by atoms with Gasteiger partial charge >= 0.3 is 5.97 Å². The molecule has 0 saturated carbocycles. The molecule has 2 atom stereocenters. The van der Waals surface area contributed by atoms with Crippen molar-refractivity contribution in [3.05, 3.63) is 66.0 Å². The Balaban J connectivity index is 2.05. The lowest BCUT2D eigenvalue weighted by molar-refractivity contribution is -0.160. The first-order chi connectivity index (χ1) is 15.1. The highest BCUT2D eigenvalue weighted by atomic mass is 32.2. The highest BCUT2D eigenvalue weighted by Crippen LogP contribution is 2.13. The molecule has 32 heavy (non-hydrogen) atoms. The Kier molecular flexibility index (Phi) is 9.67. The average molecular weight is 483 g/mol. The Morgan fingerprint density at radius 3 is 2.47 bits per heavy atom. The summed E-state index contributed by atoms with van der Waals surface area (Å²) in [4.78, 5) is 26.7. The quantitative estimate of drug-likeness (QED) is 0.495. The summed E-state index contributed by atoms with van der Waals surface area (Å²) >= 11 is 1.45. The molecular formula is C22H27FN2O5S2. The highest BCUT2D eigenvalue weighted by Gasteiger charge is 2.30. The van der Waals surface area contributed by atoms with Gasteiger partial charge in [-0.2, -0.15) is 16.5 Å². The largest absolute Gasteiger partial charge is 0.451 e. The van der Waals surface area contributed by atoms with Crippen molar-refractivity contribution in [2.75, 3.05) is 19.1 Å². The van der Waals surface area contributed by atoms with E-state index in [1.54, 1.807) is 30.3 Å². The fourth-order valence-corrected chi connectivity index (χ4v) is 4.63. The fraction of sp³-hybridized carbons (Fsp3) is 0.364. The molecule has 1 amide bonds. The van der Waals surface area contributed by atoms with Crippen LogP contribution in [0, 0.1) is 5.82 Å². The van der Waals surface area contributed by atoms with Crippen molar-refractivity contribution in [3.8, 4) is 0 Å². The minimum absolute atomic E-state index is 0.0286. The Morgan fingerprint density at radius 1 is 1.16 bits per heavy atom. The Bertz CT molecular complexity index is 1020. The van der Waals surface area contributed by atoms with Crippen molar-refractivity contribution in [2.24, 2.45) is 0 Å². The summed E-state index contributed by atoms with van der Waals surface area (Å²) in [7, 11) is -2.43. The van der Waals surface area contributed by atoms with Gasteiger partial charge in [-0.05, 0) is 55.2 Å². The molecule has 10 heteroatoms. The number of rotatable bonds is 11. The molecule has 1 N–H and O–H groups in total. The van der Waals surface area contributed by atoms with Gasteiger partial charge in [0.2, 0.25) is 10.0 Å². The van der Waals surface area contributed by atoms with Crippen LogP contribution in [0.5, 0.6) is 0 Å². The van der Waals surface area contributed by atoms with E-state index in [4.69, 9.17) is 4.74 Å². The molecule has 0 radical (unpaired) electrons. The lowest BCUT2D eigenvalue weighted by Gasteiger charge is -2.24. The molecule has 2 rings (SSSR count). The smallest absolute Gasteiger partial charge is 0.324 e. The maximum Gasteiger partial charge on any atom is 0.324 e. The third-order valence-corrected chi connectivity index (χ3v) is 6.70. The van der Waals surface area contributed by atoms with Crippen molar-refractivity contribution >= 4 is 33.7 Å². The molecule has 0 fully saturated rings. The van der Waals surface area contributed by atoms with Crippen LogP contribution in [0.3, 0.4) is 0 Å². The number of hydrogen-bond acceptors (Lipinski definition) is 6. The number of sulfonamides is 1. The summed E-state index contributed by atoms with van der Waals surface area (Å²) in [6.45, 7) is 1.55. The SMILES string of the molecule is CSCCC(NS(=O)(=O)c1ccccc1)C(=O)OC(C)C(=O)N(C)Cc1cccc(F)c1. The normalized spacial score (nSPS) is 13.2. The molecule has 0 heterocycles. The fourth-order valence-electron chi connectivity index (χ4n) is 2.92. The van der Waals surface area contributed by atoms with Crippen LogP contribution < -0.4 is 4.72 Å². The van der Waals surface area contributed by atoms with E-state index in [2.05, 4.69) is 4.72 Å². The molecule has 0 saturated heterocycles. The first kappa shape index (κ1) is 25.8. The number of thioether (sulfide) groups is 1. The van der Waals surface area contributed by atoms with Crippen LogP contribution in [-0.4, -0.2) is 56.4 Å². The number of benzene rings is 2. The summed E-state index contributed by atoms with van der Waals surface area (Å²) < 4.78 is 46.3. The first-order valence-electron chi connectivity index (χ1n) is 9.90. The molecule has 2 unspecified atom stereocenters. The van der Waals surface area contributed by atoms with E-state index in [1.165, 1.54) is 54.9 Å². The van der Waals surface area contributed by atoms with Gasteiger partial charge in [-0.15, -0.1) is 0 Å². The second kappa shape index (κ2) is 12.0. The molecular weight excluding hydrogens is 455 g/mol.